The van der Waals surface area contributed by atoms with Gasteiger partial charge in [0.1, 0.15) is 18.2 Å². The van der Waals surface area contributed by atoms with Crippen molar-refractivity contribution < 1.29 is 18.0 Å². The van der Waals surface area contributed by atoms with Crippen molar-refractivity contribution in [3.8, 4) is 22.2 Å². The fraction of sp³-hybridized carbons (Fsp3) is 0.190. The molecule has 0 bridgehead atoms. The SMILES string of the molecule is Cc1cc(-c2nnc(-c3cccs3)o2)c(C)n1CC(=O)NCc1cc(F)cc(F)c1. The van der Waals surface area contributed by atoms with Gasteiger partial charge >= 0.3 is 0 Å². The largest absolute Gasteiger partial charge is 0.415 e. The number of rotatable bonds is 6. The van der Waals surface area contributed by atoms with Crippen LogP contribution in [0.25, 0.3) is 22.2 Å². The molecule has 0 spiro atoms. The first kappa shape index (κ1) is 20.0. The van der Waals surface area contributed by atoms with Crippen LogP contribution in [0.1, 0.15) is 17.0 Å². The van der Waals surface area contributed by atoms with Crippen molar-refractivity contribution >= 4 is 17.2 Å². The lowest BCUT2D eigenvalue weighted by atomic mass is 10.2. The van der Waals surface area contributed by atoms with Gasteiger partial charge in [-0.15, -0.1) is 21.5 Å². The Hall–Kier alpha value is -3.33. The molecule has 3 aromatic heterocycles. The minimum Gasteiger partial charge on any atom is -0.415 e. The van der Waals surface area contributed by atoms with Crippen LogP contribution < -0.4 is 5.32 Å². The molecule has 0 aliphatic carbocycles. The monoisotopic (exact) mass is 428 g/mol. The van der Waals surface area contributed by atoms with Gasteiger partial charge in [0.2, 0.25) is 11.8 Å². The van der Waals surface area contributed by atoms with Crippen molar-refractivity contribution in [1.82, 2.24) is 20.1 Å². The summed E-state index contributed by atoms with van der Waals surface area (Å²) < 4.78 is 34.2. The van der Waals surface area contributed by atoms with Crippen LogP contribution >= 0.6 is 11.3 Å². The highest BCUT2D eigenvalue weighted by Crippen LogP contribution is 2.30. The third-order valence-electron chi connectivity index (χ3n) is 4.67. The lowest BCUT2D eigenvalue weighted by Gasteiger charge is -2.10. The fourth-order valence-corrected chi connectivity index (χ4v) is 3.85. The van der Waals surface area contributed by atoms with Gasteiger partial charge in [-0.25, -0.2) is 8.78 Å². The maximum Gasteiger partial charge on any atom is 0.258 e. The molecule has 3 heterocycles. The molecule has 0 saturated heterocycles. The molecule has 0 unspecified atom stereocenters. The normalized spacial score (nSPS) is 11.1. The van der Waals surface area contributed by atoms with Crippen molar-refractivity contribution in [1.29, 1.82) is 0 Å². The molecule has 0 radical (unpaired) electrons. The minimum atomic E-state index is -0.678. The summed E-state index contributed by atoms with van der Waals surface area (Å²) in [5.74, 6) is -0.805. The summed E-state index contributed by atoms with van der Waals surface area (Å²) in [4.78, 5) is 13.3. The average molecular weight is 428 g/mol. The van der Waals surface area contributed by atoms with Gasteiger partial charge in [0.05, 0.1) is 10.4 Å². The lowest BCUT2D eigenvalue weighted by molar-refractivity contribution is -0.121. The molecule has 4 aromatic rings. The van der Waals surface area contributed by atoms with E-state index in [1.807, 2.05) is 42.0 Å². The Balaban J connectivity index is 1.47. The molecule has 1 N–H and O–H groups in total. The highest BCUT2D eigenvalue weighted by Gasteiger charge is 2.18. The zero-order valence-corrected chi connectivity index (χ0v) is 17.1. The van der Waals surface area contributed by atoms with Crippen molar-refractivity contribution in [2.45, 2.75) is 26.9 Å². The van der Waals surface area contributed by atoms with Gasteiger partial charge in [-0.1, -0.05) is 6.07 Å². The quantitative estimate of drug-likeness (QED) is 0.492. The van der Waals surface area contributed by atoms with Crippen LogP contribution in [0.5, 0.6) is 0 Å². The maximum atomic E-state index is 13.3. The van der Waals surface area contributed by atoms with Crippen LogP contribution in [0.3, 0.4) is 0 Å². The fourth-order valence-electron chi connectivity index (χ4n) is 3.21. The zero-order chi connectivity index (χ0) is 21.3. The number of nitrogens with zero attached hydrogens (tertiary/aromatic N) is 3. The number of nitrogens with one attached hydrogen (secondary N) is 1. The van der Waals surface area contributed by atoms with Crippen molar-refractivity contribution in [2.75, 3.05) is 0 Å². The number of aromatic nitrogens is 3. The first-order valence-corrected chi connectivity index (χ1v) is 10.0. The van der Waals surface area contributed by atoms with E-state index in [0.717, 1.165) is 27.9 Å². The van der Waals surface area contributed by atoms with E-state index in [4.69, 9.17) is 4.42 Å². The molecule has 0 saturated carbocycles. The highest BCUT2D eigenvalue weighted by atomic mass is 32.1. The average Bonchev–Trinajstić information content (AvgIpc) is 3.42. The van der Waals surface area contributed by atoms with E-state index in [2.05, 4.69) is 15.5 Å². The topological polar surface area (TPSA) is 73.0 Å². The number of halogens is 2. The van der Waals surface area contributed by atoms with Crippen LogP contribution in [0.15, 0.2) is 46.2 Å². The summed E-state index contributed by atoms with van der Waals surface area (Å²) in [6.07, 6.45) is 0. The molecule has 154 valence electrons. The van der Waals surface area contributed by atoms with E-state index < -0.39 is 11.6 Å². The molecule has 0 aliphatic heterocycles. The Morgan fingerprint density at radius 1 is 1.13 bits per heavy atom. The summed E-state index contributed by atoms with van der Waals surface area (Å²) in [6, 6.07) is 8.87. The van der Waals surface area contributed by atoms with Gasteiger partial charge in [-0.3, -0.25) is 4.79 Å². The van der Waals surface area contributed by atoms with Gasteiger partial charge in [-0.05, 0) is 49.1 Å². The summed E-state index contributed by atoms with van der Waals surface area (Å²) >= 11 is 1.51. The summed E-state index contributed by atoms with van der Waals surface area (Å²) in [6.45, 7) is 3.84. The Kier molecular flexibility index (Phi) is 5.45. The Labute approximate surface area is 175 Å². The van der Waals surface area contributed by atoms with E-state index in [-0.39, 0.29) is 19.0 Å². The minimum absolute atomic E-state index is 0.0353. The summed E-state index contributed by atoms with van der Waals surface area (Å²) in [5.41, 5.74) is 2.77. The van der Waals surface area contributed by atoms with Crippen LogP contribution in [-0.2, 0) is 17.9 Å². The highest BCUT2D eigenvalue weighted by molar-refractivity contribution is 7.13. The predicted octanol–water partition coefficient (Wildman–Crippen LogP) is 4.48. The third kappa shape index (κ3) is 4.16. The van der Waals surface area contributed by atoms with Gasteiger partial charge in [0, 0.05) is 24.0 Å². The van der Waals surface area contributed by atoms with Gasteiger partial charge in [0.25, 0.3) is 5.89 Å². The van der Waals surface area contributed by atoms with E-state index in [0.29, 0.717) is 17.3 Å². The first-order valence-electron chi connectivity index (χ1n) is 9.17. The number of benzene rings is 1. The van der Waals surface area contributed by atoms with Crippen LogP contribution in [0, 0.1) is 25.5 Å². The molecule has 0 aliphatic rings. The smallest absolute Gasteiger partial charge is 0.258 e. The van der Waals surface area contributed by atoms with E-state index in [1.54, 1.807) is 0 Å². The summed E-state index contributed by atoms with van der Waals surface area (Å²) in [5, 5.41) is 12.8. The number of hydrogen-bond donors (Lipinski definition) is 1. The number of aryl methyl sites for hydroxylation is 1. The van der Waals surface area contributed by atoms with Gasteiger partial charge < -0.3 is 14.3 Å². The van der Waals surface area contributed by atoms with Crippen molar-refractivity contribution in [2.24, 2.45) is 0 Å². The van der Waals surface area contributed by atoms with Crippen molar-refractivity contribution in [3.05, 3.63) is 70.4 Å². The standard InChI is InChI=1S/C21H18F2N4O2S/c1-12-6-17(20-25-26-21(29-20)18-4-3-5-30-18)13(2)27(12)11-19(28)24-10-14-7-15(22)9-16(23)8-14/h3-9H,10-11H2,1-2H3,(H,24,28). The van der Waals surface area contributed by atoms with Crippen LogP contribution in [0.2, 0.25) is 0 Å². The molecule has 1 amide bonds. The van der Waals surface area contributed by atoms with Gasteiger partial charge in [0.15, 0.2) is 0 Å². The summed E-state index contributed by atoms with van der Waals surface area (Å²) in [7, 11) is 0. The number of amides is 1. The van der Waals surface area contributed by atoms with Gasteiger partial charge in [-0.2, -0.15) is 0 Å². The Morgan fingerprint density at radius 2 is 1.87 bits per heavy atom. The zero-order valence-electron chi connectivity index (χ0n) is 16.3. The maximum absolute atomic E-state index is 13.3. The molecule has 0 atom stereocenters. The molecule has 0 fully saturated rings. The molecular weight excluding hydrogens is 410 g/mol. The Bertz CT molecular complexity index is 1180. The van der Waals surface area contributed by atoms with Crippen LogP contribution in [-0.4, -0.2) is 20.7 Å². The van der Waals surface area contributed by atoms with Crippen LogP contribution in [0.4, 0.5) is 8.78 Å². The molecular formula is C21H18F2N4O2S. The molecule has 6 nitrogen and oxygen atoms in total. The lowest BCUT2D eigenvalue weighted by Crippen LogP contribution is -2.28. The second kappa shape index (κ2) is 8.19. The number of thiophene rings is 1. The second-order valence-electron chi connectivity index (χ2n) is 6.82. The van der Waals surface area contributed by atoms with Crippen molar-refractivity contribution in [3.63, 3.8) is 0 Å². The van der Waals surface area contributed by atoms with E-state index >= 15 is 0 Å². The number of carbonyl (C=O) groups excluding carboxylic acids is 1. The predicted molar refractivity (Wildman–Crippen MR) is 109 cm³/mol. The second-order valence-corrected chi connectivity index (χ2v) is 7.76. The molecule has 30 heavy (non-hydrogen) atoms. The van der Waals surface area contributed by atoms with E-state index in [1.165, 1.54) is 23.5 Å². The first-order chi connectivity index (χ1) is 14.4. The number of hydrogen-bond acceptors (Lipinski definition) is 5. The Morgan fingerprint density at radius 3 is 2.57 bits per heavy atom. The third-order valence-corrected chi connectivity index (χ3v) is 5.53. The molecule has 9 heteroatoms. The molecule has 4 rings (SSSR count). The molecule has 1 aromatic carbocycles. The number of carbonyl (C=O) groups is 1. The van der Waals surface area contributed by atoms with E-state index in [9.17, 15) is 13.6 Å².